The average Bonchev–Trinajstić information content (AvgIpc) is 2.48. The zero-order valence-electron chi connectivity index (χ0n) is 11.5. The van der Waals surface area contributed by atoms with Crippen molar-refractivity contribution in [3.63, 3.8) is 0 Å². The normalized spacial score (nSPS) is 21.0. The van der Waals surface area contributed by atoms with Gasteiger partial charge in [0, 0.05) is 45.3 Å². The van der Waals surface area contributed by atoms with Gasteiger partial charge in [-0.15, -0.1) is 0 Å². The Kier molecular flexibility index (Phi) is 3.89. The monoisotopic (exact) mass is 260 g/mol. The highest BCUT2D eigenvalue weighted by atomic mass is 15.2. The number of hydrogen-bond acceptors (Lipinski definition) is 4. The summed E-state index contributed by atoms with van der Waals surface area (Å²) in [6.45, 7) is 6.38. The molecule has 0 amide bonds. The molecule has 0 radical (unpaired) electrons. The maximum absolute atomic E-state index is 5.64. The average molecular weight is 260 g/mol. The van der Waals surface area contributed by atoms with Crippen LogP contribution in [-0.2, 0) is 0 Å². The van der Waals surface area contributed by atoms with E-state index in [-0.39, 0.29) is 0 Å². The van der Waals surface area contributed by atoms with Gasteiger partial charge in [0.05, 0.1) is 11.4 Å². The van der Waals surface area contributed by atoms with E-state index >= 15 is 0 Å². The highest BCUT2D eigenvalue weighted by Gasteiger charge is 2.27. The second kappa shape index (κ2) is 5.80. The van der Waals surface area contributed by atoms with E-state index in [2.05, 4.69) is 39.4 Å². The highest BCUT2D eigenvalue weighted by molar-refractivity contribution is 5.72. The standard InChI is InChI=1S/C15H24N4/c16-7-11-18-9-5-13(6-10-18)19-12-8-17-14-3-1-2-4-15(14)19/h1-4,13,17H,5-12,16H2. The van der Waals surface area contributed by atoms with Crippen molar-refractivity contribution >= 4 is 11.4 Å². The highest BCUT2D eigenvalue weighted by Crippen LogP contribution is 2.32. The molecular formula is C15H24N4. The molecule has 3 rings (SSSR count). The van der Waals surface area contributed by atoms with Gasteiger partial charge in [-0.1, -0.05) is 12.1 Å². The molecule has 0 atom stereocenters. The van der Waals surface area contributed by atoms with Crippen LogP contribution in [0.25, 0.3) is 0 Å². The molecule has 104 valence electrons. The zero-order chi connectivity index (χ0) is 13.1. The predicted octanol–water partition coefficient (Wildman–Crippen LogP) is 1.34. The van der Waals surface area contributed by atoms with Crippen molar-refractivity contribution in [1.82, 2.24) is 4.90 Å². The fraction of sp³-hybridized carbons (Fsp3) is 0.600. The van der Waals surface area contributed by atoms with Crippen molar-refractivity contribution in [3.8, 4) is 0 Å². The van der Waals surface area contributed by atoms with Gasteiger partial charge < -0.3 is 20.9 Å². The molecule has 2 aliphatic heterocycles. The Morgan fingerprint density at radius 3 is 2.74 bits per heavy atom. The lowest BCUT2D eigenvalue weighted by Crippen LogP contribution is -2.48. The number of para-hydroxylation sites is 2. The molecular weight excluding hydrogens is 236 g/mol. The van der Waals surface area contributed by atoms with E-state index in [9.17, 15) is 0 Å². The summed E-state index contributed by atoms with van der Waals surface area (Å²) in [5.41, 5.74) is 8.31. The Hall–Kier alpha value is -1.26. The van der Waals surface area contributed by atoms with Gasteiger partial charge in [-0.2, -0.15) is 0 Å². The molecule has 2 heterocycles. The summed E-state index contributed by atoms with van der Waals surface area (Å²) in [5.74, 6) is 0. The van der Waals surface area contributed by atoms with E-state index in [0.717, 1.165) is 26.2 Å². The number of piperidine rings is 1. The minimum atomic E-state index is 0.692. The number of rotatable bonds is 3. The van der Waals surface area contributed by atoms with Crippen LogP contribution in [0.5, 0.6) is 0 Å². The van der Waals surface area contributed by atoms with E-state index in [0.29, 0.717) is 6.04 Å². The van der Waals surface area contributed by atoms with Crippen molar-refractivity contribution in [2.75, 3.05) is 49.5 Å². The molecule has 0 bridgehead atoms. The van der Waals surface area contributed by atoms with E-state index in [1.807, 2.05) is 0 Å². The summed E-state index contributed by atoms with van der Waals surface area (Å²) in [4.78, 5) is 5.09. The molecule has 0 aliphatic carbocycles. The molecule has 3 N–H and O–H groups in total. The van der Waals surface area contributed by atoms with Crippen LogP contribution in [0.4, 0.5) is 11.4 Å². The number of benzene rings is 1. The van der Waals surface area contributed by atoms with Crippen molar-refractivity contribution in [2.24, 2.45) is 5.73 Å². The zero-order valence-corrected chi connectivity index (χ0v) is 11.5. The third-order valence-corrected chi connectivity index (χ3v) is 4.32. The van der Waals surface area contributed by atoms with Crippen LogP contribution in [0.2, 0.25) is 0 Å². The lowest BCUT2D eigenvalue weighted by molar-refractivity contribution is 0.214. The molecule has 1 fully saturated rings. The Morgan fingerprint density at radius 1 is 1.16 bits per heavy atom. The van der Waals surface area contributed by atoms with Gasteiger partial charge >= 0.3 is 0 Å². The predicted molar refractivity (Wildman–Crippen MR) is 80.8 cm³/mol. The van der Waals surface area contributed by atoms with Crippen molar-refractivity contribution < 1.29 is 0 Å². The van der Waals surface area contributed by atoms with Crippen LogP contribution in [0.1, 0.15) is 12.8 Å². The lowest BCUT2D eigenvalue weighted by atomic mass is 10.0. The Morgan fingerprint density at radius 2 is 1.95 bits per heavy atom. The van der Waals surface area contributed by atoms with Gasteiger partial charge in [0.1, 0.15) is 0 Å². The SMILES string of the molecule is NCCN1CCC(N2CCNc3ccccc32)CC1. The first-order valence-corrected chi connectivity index (χ1v) is 7.40. The first-order chi connectivity index (χ1) is 9.38. The topological polar surface area (TPSA) is 44.5 Å². The molecule has 0 saturated carbocycles. The number of nitrogens with one attached hydrogen (secondary N) is 1. The molecule has 19 heavy (non-hydrogen) atoms. The summed E-state index contributed by atoms with van der Waals surface area (Å²) in [6, 6.07) is 9.37. The molecule has 4 heteroatoms. The smallest absolute Gasteiger partial charge is 0.0605 e. The fourth-order valence-corrected chi connectivity index (χ4v) is 3.32. The number of likely N-dealkylation sites (tertiary alicyclic amines) is 1. The van der Waals surface area contributed by atoms with Gasteiger partial charge in [-0.05, 0) is 25.0 Å². The van der Waals surface area contributed by atoms with Crippen LogP contribution in [0.3, 0.4) is 0 Å². The quantitative estimate of drug-likeness (QED) is 0.861. The molecule has 4 nitrogen and oxygen atoms in total. The summed E-state index contributed by atoms with van der Waals surface area (Å²) >= 11 is 0. The van der Waals surface area contributed by atoms with Gasteiger partial charge in [0.2, 0.25) is 0 Å². The van der Waals surface area contributed by atoms with Crippen LogP contribution in [-0.4, -0.2) is 50.2 Å². The maximum atomic E-state index is 5.64. The largest absolute Gasteiger partial charge is 0.382 e. The molecule has 1 aromatic carbocycles. The summed E-state index contributed by atoms with van der Waals surface area (Å²) < 4.78 is 0. The number of nitrogens with two attached hydrogens (primary N) is 1. The van der Waals surface area contributed by atoms with Crippen molar-refractivity contribution in [2.45, 2.75) is 18.9 Å². The van der Waals surface area contributed by atoms with Gasteiger partial charge in [0.15, 0.2) is 0 Å². The minimum Gasteiger partial charge on any atom is -0.382 e. The summed E-state index contributed by atoms with van der Waals surface area (Å²) in [7, 11) is 0. The minimum absolute atomic E-state index is 0.692. The summed E-state index contributed by atoms with van der Waals surface area (Å²) in [6.07, 6.45) is 2.52. The van der Waals surface area contributed by atoms with Crippen molar-refractivity contribution in [1.29, 1.82) is 0 Å². The first-order valence-electron chi connectivity index (χ1n) is 7.40. The Balaban J connectivity index is 1.68. The number of fused-ring (bicyclic) bond motifs is 1. The molecule has 0 unspecified atom stereocenters. The van der Waals surface area contributed by atoms with E-state index in [1.165, 1.54) is 37.3 Å². The number of nitrogens with zero attached hydrogens (tertiary/aromatic N) is 2. The Labute approximate surface area is 115 Å². The molecule has 0 spiro atoms. The second-order valence-corrected chi connectivity index (χ2v) is 5.50. The molecule has 1 saturated heterocycles. The van der Waals surface area contributed by atoms with Gasteiger partial charge in [-0.3, -0.25) is 0 Å². The first kappa shape index (κ1) is 12.8. The third kappa shape index (κ3) is 2.69. The van der Waals surface area contributed by atoms with Crippen molar-refractivity contribution in [3.05, 3.63) is 24.3 Å². The van der Waals surface area contributed by atoms with E-state index in [4.69, 9.17) is 5.73 Å². The number of hydrogen-bond donors (Lipinski definition) is 2. The lowest BCUT2D eigenvalue weighted by Gasteiger charge is -2.42. The van der Waals surface area contributed by atoms with E-state index < -0.39 is 0 Å². The van der Waals surface area contributed by atoms with Gasteiger partial charge in [0.25, 0.3) is 0 Å². The van der Waals surface area contributed by atoms with Crippen LogP contribution < -0.4 is 16.0 Å². The van der Waals surface area contributed by atoms with Crippen LogP contribution in [0.15, 0.2) is 24.3 Å². The molecule has 0 aromatic heterocycles. The van der Waals surface area contributed by atoms with Crippen LogP contribution >= 0.6 is 0 Å². The number of anilines is 2. The van der Waals surface area contributed by atoms with Crippen LogP contribution in [0, 0.1) is 0 Å². The fourth-order valence-electron chi connectivity index (χ4n) is 3.32. The molecule has 1 aromatic rings. The van der Waals surface area contributed by atoms with Gasteiger partial charge in [-0.25, -0.2) is 0 Å². The summed E-state index contributed by atoms with van der Waals surface area (Å²) in [5, 5.41) is 3.49. The van der Waals surface area contributed by atoms with E-state index in [1.54, 1.807) is 0 Å². The second-order valence-electron chi connectivity index (χ2n) is 5.50. The maximum Gasteiger partial charge on any atom is 0.0605 e. The third-order valence-electron chi connectivity index (χ3n) is 4.32. The molecule has 2 aliphatic rings. The Bertz CT molecular complexity index is 412.